The highest BCUT2D eigenvalue weighted by molar-refractivity contribution is 5.98. The Labute approximate surface area is 196 Å². The van der Waals surface area contributed by atoms with Crippen LogP contribution in [-0.4, -0.2) is 59.5 Å². The van der Waals surface area contributed by atoms with Crippen LogP contribution in [-0.2, 0) is 4.74 Å². The molecule has 2 heterocycles. The molecular formula is C22H29FN6O5. The molecule has 184 valence electrons. The van der Waals surface area contributed by atoms with Crippen LogP contribution in [0, 0.1) is 11.7 Å². The molecule has 1 aliphatic rings. The normalized spacial score (nSPS) is 15.0. The van der Waals surface area contributed by atoms with E-state index >= 15 is 0 Å². The number of hydrogen-bond donors (Lipinski definition) is 5. The maximum Gasteiger partial charge on any atom is 0.404 e. The maximum atomic E-state index is 14.9. The van der Waals surface area contributed by atoms with Gasteiger partial charge in [0.2, 0.25) is 5.88 Å². The summed E-state index contributed by atoms with van der Waals surface area (Å²) in [5.41, 5.74) is 5.80. The quantitative estimate of drug-likeness (QED) is 0.290. The van der Waals surface area contributed by atoms with Crippen molar-refractivity contribution >= 4 is 29.3 Å². The van der Waals surface area contributed by atoms with Gasteiger partial charge in [-0.15, -0.1) is 0 Å². The number of aromatic nitrogens is 2. The number of carbonyl (C=O) groups excluding carboxylic acids is 1. The second-order valence-corrected chi connectivity index (χ2v) is 8.03. The number of anilines is 3. The van der Waals surface area contributed by atoms with Crippen LogP contribution in [0.1, 0.15) is 36.5 Å². The minimum atomic E-state index is -1.17. The highest BCUT2D eigenvalue weighted by Gasteiger charge is 2.33. The van der Waals surface area contributed by atoms with Crippen molar-refractivity contribution in [2.75, 3.05) is 31.0 Å². The molecule has 0 radical (unpaired) electrons. The maximum absolute atomic E-state index is 14.9. The van der Waals surface area contributed by atoms with Crippen molar-refractivity contribution in [3.63, 3.8) is 0 Å². The topological polar surface area (TPSA) is 161 Å². The molecule has 2 atom stereocenters. The monoisotopic (exact) mass is 476 g/mol. The van der Waals surface area contributed by atoms with Crippen LogP contribution in [0.5, 0.6) is 5.88 Å². The van der Waals surface area contributed by atoms with Crippen molar-refractivity contribution in [1.82, 2.24) is 15.3 Å². The largest absolute Gasteiger partial charge is 0.475 e. The Kier molecular flexibility index (Phi) is 8.41. The van der Waals surface area contributed by atoms with E-state index in [0.29, 0.717) is 24.8 Å². The number of rotatable bonds is 12. The van der Waals surface area contributed by atoms with Crippen LogP contribution in [0.25, 0.3) is 0 Å². The standard InChI is InChI=1S/C22H29FN6O5/c1-12(26-22(31)32)18(13-4-3-5-13)28-21-16(23)11-15(19(24)30)20(29-21)27-14-6-7-25-17(10-14)34-9-8-33-2/h6-7,10-13,18,26H,3-5,8-9H2,1-2H3,(H2,24,30)(H,31,32)(H2,25,27,28,29)/t12-,18-/m0/s1. The first-order valence-electron chi connectivity index (χ1n) is 10.9. The smallest absolute Gasteiger partial charge is 0.404 e. The van der Waals surface area contributed by atoms with Crippen LogP contribution in [0.3, 0.4) is 0 Å². The lowest BCUT2D eigenvalue weighted by molar-refractivity contribution is 0.1000. The molecular weight excluding hydrogens is 447 g/mol. The molecule has 34 heavy (non-hydrogen) atoms. The Balaban J connectivity index is 1.87. The van der Waals surface area contributed by atoms with Gasteiger partial charge < -0.3 is 36.3 Å². The van der Waals surface area contributed by atoms with Gasteiger partial charge in [0, 0.05) is 31.1 Å². The summed E-state index contributed by atoms with van der Waals surface area (Å²) in [5.74, 6) is -1.23. The fraction of sp³-hybridized carbons (Fsp3) is 0.455. The van der Waals surface area contributed by atoms with Crippen molar-refractivity contribution in [2.24, 2.45) is 11.7 Å². The Morgan fingerprint density at radius 3 is 2.68 bits per heavy atom. The summed E-state index contributed by atoms with van der Waals surface area (Å²) in [5, 5.41) is 17.5. The van der Waals surface area contributed by atoms with Gasteiger partial charge in [-0.3, -0.25) is 4.79 Å². The lowest BCUT2D eigenvalue weighted by Gasteiger charge is -2.38. The number of nitrogens with two attached hydrogens (primary N) is 1. The molecule has 0 aliphatic heterocycles. The van der Waals surface area contributed by atoms with Gasteiger partial charge in [0.05, 0.1) is 18.2 Å². The Bertz CT molecular complexity index is 1020. The van der Waals surface area contributed by atoms with Crippen molar-refractivity contribution in [3.05, 3.63) is 35.8 Å². The van der Waals surface area contributed by atoms with Crippen LogP contribution in [0.15, 0.2) is 24.4 Å². The second-order valence-electron chi connectivity index (χ2n) is 8.03. The minimum Gasteiger partial charge on any atom is -0.475 e. The summed E-state index contributed by atoms with van der Waals surface area (Å²) in [6.07, 6.45) is 3.13. The molecule has 0 saturated heterocycles. The SMILES string of the molecule is COCCOc1cc(Nc2nc(N[C@H](C3CCC3)[C@H](C)NC(=O)O)c(F)cc2C(N)=O)ccn1. The van der Waals surface area contributed by atoms with Gasteiger partial charge in [0.15, 0.2) is 11.6 Å². The number of halogens is 1. The number of methoxy groups -OCH3 is 1. The van der Waals surface area contributed by atoms with E-state index in [1.165, 1.54) is 6.20 Å². The second kappa shape index (κ2) is 11.5. The Hall–Kier alpha value is -3.67. The number of nitrogens with one attached hydrogen (secondary N) is 3. The molecule has 1 fully saturated rings. The van der Waals surface area contributed by atoms with Gasteiger partial charge in [-0.2, -0.15) is 0 Å². The van der Waals surface area contributed by atoms with Crippen molar-refractivity contribution in [3.8, 4) is 5.88 Å². The summed E-state index contributed by atoms with van der Waals surface area (Å²) < 4.78 is 25.3. The molecule has 0 spiro atoms. The summed E-state index contributed by atoms with van der Waals surface area (Å²) in [4.78, 5) is 31.5. The first-order chi connectivity index (χ1) is 16.3. The lowest BCUT2D eigenvalue weighted by atomic mass is 9.77. The fourth-order valence-electron chi connectivity index (χ4n) is 3.70. The molecule has 0 unspecified atom stereocenters. The van der Waals surface area contributed by atoms with E-state index in [9.17, 15) is 14.0 Å². The lowest BCUT2D eigenvalue weighted by Crippen LogP contribution is -2.50. The molecule has 2 aromatic rings. The third-order valence-electron chi connectivity index (χ3n) is 5.63. The van der Waals surface area contributed by atoms with E-state index in [0.717, 1.165) is 25.3 Å². The van der Waals surface area contributed by atoms with Crippen molar-refractivity contribution < 1.29 is 28.6 Å². The predicted molar refractivity (Wildman–Crippen MR) is 123 cm³/mol. The number of pyridine rings is 2. The van der Waals surface area contributed by atoms with Gasteiger partial charge in [-0.25, -0.2) is 19.2 Å². The zero-order chi connectivity index (χ0) is 24.7. The van der Waals surface area contributed by atoms with Crippen LogP contribution in [0.2, 0.25) is 0 Å². The van der Waals surface area contributed by atoms with E-state index in [-0.39, 0.29) is 29.2 Å². The van der Waals surface area contributed by atoms with Gasteiger partial charge in [0.1, 0.15) is 12.4 Å². The zero-order valence-corrected chi connectivity index (χ0v) is 19.0. The Morgan fingerprint density at radius 1 is 1.29 bits per heavy atom. The third-order valence-corrected chi connectivity index (χ3v) is 5.63. The first kappa shape index (κ1) is 25.0. The molecule has 6 N–H and O–H groups in total. The fourth-order valence-corrected chi connectivity index (χ4v) is 3.70. The molecule has 1 saturated carbocycles. The summed E-state index contributed by atoms with van der Waals surface area (Å²) in [7, 11) is 1.56. The van der Waals surface area contributed by atoms with Gasteiger partial charge in [-0.05, 0) is 37.8 Å². The summed E-state index contributed by atoms with van der Waals surface area (Å²) in [6.45, 7) is 2.39. The van der Waals surface area contributed by atoms with Crippen molar-refractivity contribution in [2.45, 2.75) is 38.3 Å². The number of ether oxygens (including phenoxy) is 2. The number of carbonyl (C=O) groups is 2. The van der Waals surface area contributed by atoms with E-state index < -0.39 is 23.9 Å². The molecule has 0 aromatic carbocycles. The predicted octanol–water partition coefficient (Wildman–Crippen LogP) is 2.72. The molecule has 0 bridgehead atoms. The van der Waals surface area contributed by atoms with E-state index in [1.807, 2.05) is 0 Å². The first-order valence-corrected chi connectivity index (χ1v) is 10.9. The van der Waals surface area contributed by atoms with E-state index in [2.05, 4.69) is 25.9 Å². The van der Waals surface area contributed by atoms with E-state index in [4.69, 9.17) is 20.3 Å². The van der Waals surface area contributed by atoms with Gasteiger partial charge in [0.25, 0.3) is 5.91 Å². The zero-order valence-electron chi connectivity index (χ0n) is 19.0. The highest BCUT2D eigenvalue weighted by atomic mass is 19.1. The summed E-state index contributed by atoms with van der Waals surface area (Å²) in [6, 6.07) is 3.34. The molecule has 2 aromatic heterocycles. The van der Waals surface area contributed by atoms with Gasteiger partial charge in [-0.1, -0.05) is 6.42 Å². The van der Waals surface area contributed by atoms with Crippen molar-refractivity contribution in [1.29, 1.82) is 0 Å². The van der Waals surface area contributed by atoms with Gasteiger partial charge >= 0.3 is 6.09 Å². The number of nitrogens with zero attached hydrogens (tertiary/aromatic N) is 2. The Morgan fingerprint density at radius 2 is 2.06 bits per heavy atom. The van der Waals surface area contributed by atoms with Crippen LogP contribution in [0.4, 0.5) is 26.5 Å². The average Bonchev–Trinajstić information content (AvgIpc) is 2.73. The number of amides is 2. The van der Waals surface area contributed by atoms with Crippen LogP contribution < -0.4 is 26.4 Å². The molecule has 3 rings (SSSR count). The van der Waals surface area contributed by atoms with E-state index in [1.54, 1.807) is 26.2 Å². The van der Waals surface area contributed by atoms with Crippen LogP contribution >= 0.6 is 0 Å². The number of carboxylic acid groups (broad SMARTS) is 1. The third kappa shape index (κ3) is 6.44. The highest BCUT2D eigenvalue weighted by Crippen LogP contribution is 2.34. The molecule has 11 nitrogen and oxygen atoms in total. The molecule has 2 amide bonds. The number of hydrogen-bond acceptors (Lipinski definition) is 8. The number of primary amides is 1. The minimum absolute atomic E-state index is 0.0386. The summed E-state index contributed by atoms with van der Waals surface area (Å²) >= 11 is 0. The molecule has 12 heteroatoms. The molecule has 1 aliphatic carbocycles. The average molecular weight is 477 g/mol.